The third-order valence-electron chi connectivity index (χ3n) is 1.63. The molecule has 0 spiro atoms. The van der Waals surface area contributed by atoms with Crippen LogP contribution in [-0.2, 0) is 14.3 Å². The molecule has 0 aromatic rings. The van der Waals surface area contributed by atoms with Gasteiger partial charge in [-0.3, -0.25) is 4.79 Å². The lowest BCUT2D eigenvalue weighted by molar-refractivity contribution is -0.149. The minimum atomic E-state index is -0.352. The van der Waals surface area contributed by atoms with Gasteiger partial charge in [-0.25, -0.2) is 0 Å². The Kier molecular flexibility index (Phi) is 5.71. The zero-order valence-electron chi connectivity index (χ0n) is 9.05. The van der Waals surface area contributed by atoms with Crippen LogP contribution in [0.5, 0.6) is 0 Å². The van der Waals surface area contributed by atoms with Crippen molar-refractivity contribution in [1.29, 1.82) is 0 Å². The average Bonchev–Trinajstić information content (AvgIpc) is 2.58. The maximum Gasteiger partial charge on any atom is 0.310 e. The van der Waals surface area contributed by atoms with Gasteiger partial charge in [0.05, 0.1) is 12.5 Å². The van der Waals surface area contributed by atoms with E-state index >= 15 is 0 Å². The van der Waals surface area contributed by atoms with E-state index in [1.807, 2.05) is 20.8 Å². The molecule has 1 aliphatic rings. The molecule has 1 fully saturated rings. The second-order valence-corrected chi connectivity index (χ2v) is 4.06. The van der Waals surface area contributed by atoms with Crippen molar-refractivity contribution >= 4 is 5.97 Å². The molecule has 0 aromatic heterocycles. The molecule has 0 atom stereocenters. The summed E-state index contributed by atoms with van der Waals surface area (Å²) >= 11 is 0. The lowest BCUT2D eigenvalue weighted by atomic mass is 9.98. The number of hydrogen-bond donors (Lipinski definition) is 0. The lowest BCUT2D eigenvalue weighted by Gasteiger charge is -2.13. The van der Waals surface area contributed by atoms with E-state index in [1.165, 1.54) is 20.0 Å². The number of rotatable bonds is 0. The molecule has 1 saturated heterocycles. The Bertz CT molecular complexity index is 135. The molecule has 0 aliphatic carbocycles. The van der Waals surface area contributed by atoms with Gasteiger partial charge < -0.3 is 9.47 Å². The van der Waals surface area contributed by atoms with E-state index < -0.39 is 0 Å². The van der Waals surface area contributed by atoms with E-state index in [0.717, 1.165) is 13.2 Å². The van der Waals surface area contributed by atoms with Crippen LogP contribution in [0.3, 0.4) is 0 Å². The first-order valence-corrected chi connectivity index (χ1v) is 4.64. The number of carbonyl (C=O) groups is 1. The summed E-state index contributed by atoms with van der Waals surface area (Å²) in [6.45, 7) is 7.45. The summed E-state index contributed by atoms with van der Waals surface area (Å²) in [5.41, 5.74) is -0.352. The monoisotopic (exact) mass is 188 g/mol. The van der Waals surface area contributed by atoms with Crippen molar-refractivity contribution in [2.45, 2.75) is 33.6 Å². The summed E-state index contributed by atoms with van der Waals surface area (Å²) in [5.74, 6) is -0.169. The van der Waals surface area contributed by atoms with Gasteiger partial charge in [0.25, 0.3) is 0 Å². The molecule has 0 aromatic carbocycles. The van der Waals surface area contributed by atoms with Crippen molar-refractivity contribution in [3.8, 4) is 0 Å². The van der Waals surface area contributed by atoms with Crippen molar-refractivity contribution < 1.29 is 14.3 Å². The Labute approximate surface area is 80.4 Å². The van der Waals surface area contributed by atoms with E-state index in [-0.39, 0.29) is 11.4 Å². The van der Waals surface area contributed by atoms with Crippen LogP contribution in [0, 0.1) is 5.41 Å². The largest absolute Gasteiger partial charge is 0.469 e. The summed E-state index contributed by atoms with van der Waals surface area (Å²) in [6.07, 6.45) is 2.56. The molecule has 3 nitrogen and oxygen atoms in total. The molecule has 0 amide bonds. The van der Waals surface area contributed by atoms with Crippen LogP contribution in [0.2, 0.25) is 0 Å². The van der Waals surface area contributed by atoms with Crippen LogP contribution >= 0.6 is 0 Å². The second kappa shape index (κ2) is 5.97. The third kappa shape index (κ3) is 6.58. The SMILES string of the molecule is C1CCOC1.COC(=O)C(C)(C)C. The molecule has 0 radical (unpaired) electrons. The highest BCUT2D eigenvalue weighted by Gasteiger charge is 2.21. The highest BCUT2D eigenvalue weighted by atomic mass is 16.5. The van der Waals surface area contributed by atoms with Gasteiger partial charge in [-0.2, -0.15) is 0 Å². The molecule has 78 valence electrons. The van der Waals surface area contributed by atoms with Gasteiger partial charge in [0.2, 0.25) is 0 Å². The fourth-order valence-electron chi connectivity index (χ4n) is 0.816. The minimum absolute atomic E-state index is 0.169. The van der Waals surface area contributed by atoms with Crippen LogP contribution in [-0.4, -0.2) is 26.3 Å². The standard InChI is InChI=1S/C6H12O2.C4H8O/c1-6(2,3)5(7)8-4;1-2-4-5-3-1/h1-4H3;1-4H2. The molecule has 0 N–H and O–H groups in total. The Morgan fingerprint density at radius 1 is 1.23 bits per heavy atom. The number of esters is 1. The first-order valence-electron chi connectivity index (χ1n) is 4.64. The number of carbonyl (C=O) groups excluding carboxylic acids is 1. The van der Waals surface area contributed by atoms with E-state index in [1.54, 1.807) is 0 Å². The molecule has 0 saturated carbocycles. The van der Waals surface area contributed by atoms with Gasteiger partial charge in [-0.1, -0.05) is 0 Å². The molecular formula is C10H20O3. The summed E-state index contributed by atoms with van der Waals surface area (Å²) in [6, 6.07) is 0. The Balaban J connectivity index is 0.000000243. The molecule has 3 heteroatoms. The van der Waals surface area contributed by atoms with E-state index in [9.17, 15) is 4.79 Å². The number of ether oxygens (including phenoxy) is 2. The Hall–Kier alpha value is -0.570. The predicted molar refractivity (Wildman–Crippen MR) is 51.5 cm³/mol. The normalized spacial score (nSPS) is 16.0. The van der Waals surface area contributed by atoms with Crippen molar-refractivity contribution in [2.24, 2.45) is 5.41 Å². The fourth-order valence-corrected chi connectivity index (χ4v) is 0.816. The highest BCUT2D eigenvalue weighted by molar-refractivity contribution is 5.75. The van der Waals surface area contributed by atoms with Crippen molar-refractivity contribution in [3.05, 3.63) is 0 Å². The average molecular weight is 188 g/mol. The first-order chi connectivity index (χ1) is 5.98. The van der Waals surface area contributed by atoms with E-state index in [4.69, 9.17) is 4.74 Å². The predicted octanol–water partition coefficient (Wildman–Crippen LogP) is 2.00. The lowest BCUT2D eigenvalue weighted by Crippen LogP contribution is -2.21. The van der Waals surface area contributed by atoms with Crippen molar-refractivity contribution in [3.63, 3.8) is 0 Å². The quantitative estimate of drug-likeness (QED) is 0.545. The minimum Gasteiger partial charge on any atom is -0.469 e. The van der Waals surface area contributed by atoms with Gasteiger partial charge in [0.1, 0.15) is 0 Å². The molecule has 0 bridgehead atoms. The molecule has 0 unspecified atom stereocenters. The van der Waals surface area contributed by atoms with E-state index in [0.29, 0.717) is 0 Å². The van der Waals surface area contributed by atoms with Gasteiger partial charge >= 0.3 is 5.97 Å². The topological polar surface area (TPSA) is 35.5 Å². The molecule has 1 aliphatic heterocycles. The van der Waals surface area contributed by atoms with E-state index in [2.05, 4.69) is 4.74 Å². The smallest absolute Gasteiger partial charge is 0.310 e. The number of methoxy groups -OCH3 is 1. The van der Waals surface area contributed by atoms with Gasteiger partial charge in [0, 0.05) is 13.2 Å². The van der Waals surface area contributed by atoms with Crippen molar-refractivity contribution in [2.75, 3.05) is 20.3 Å². The molecule has 1 rings (SSSR count). The van der Waals surface area contributed by atoms with Crippen molar-refractivity contribution in [1.82, 2.24) is 0 Å². The molecule has 1 heterocycles. The summed E-state index contributed by atoms with van der Waals surface area (Å²) in [5, 5.41) is 0. The summed E-state index contributed by atoms with van der Waals surface area (Å²) < 4.78 is 9.42. The van der Waals surface area contributed by atoms with Gasteiger partial charge in [0.15, 0.2) is 0 Å². The highest BCUT2D eigenvalue weighted by Crippen LogP contribution is 2.13. The van der Waals surface area contributed by atoms with Crippen LogP contribution < -0.4 is 0 Å². The van der Waals surface area contributed by atoms with Gasteiger partial charge in [-0.05, 0) is 33.6 Å². The maximum absolute atomic E-state index is 10.6. The Morgan fingerprint density at radius 2 is 1.69 bits per heavy atom. The zero-order valence-corrected chi connectivity index (χ0v) is 9.05. The summed E-state index contributed by atoms with van der Waals surface area (Å²) in [7, 11) is 1.40. The maximum atomic E-state index is 10.6. The molecular weight excluding hydrogens is 168 g/mol. The zero-order chi connectivity index (χ0) is 10.3. The Morgan fingerprint density at radius 3 is 1.77 bits per heavy atom. The third-order valence-corrected chi connectivity index (χ3v) is 1.63. The second-order valence-electron chi connectivity index (χ2n) is 4.06. The molecule has 13 heavy (non-hydrogen) atoms. The van der Waals surface area contributed by atoms with Crippen LogP contribution in [0.4, 0.5) is 0 Å². The van der Waals surface area contributed by atoms with Crippen LogP contribution in [0.1, 0.15) is 33.6 Å². The van der Waals surface area contributed by atoms with Crippen LogP contribution in [0.25, 0.3) is 0 Å². The van der Waals surface area contributed by atoms with Crippen LogP contribution in [0.15, 0.2) is 0 Å². The summed E-state index contributed by atoms with van der Waals surface area (Å²) in [4.78, 5) is 10.6. The number of hydrogen-bond acceptors (Lipinski definition) is 3. The fraction of sp³-hybridized carbons (Fsp3) is 0.900. The first kappa shape index (κ1) is 12.4. The van der Waals surface area contributed by atoms with Gasteiger partial charge in [-0.15, -0.1) is 0 Å².